The molecule has 0 aliphatic rings. The van der Waals surface area contributed by atoms with E-state index >= 15 is 0 Å². The Bertz CT molecular complexity index is 622. The fraction of sp³-hybridized carbons (Fsp3) is 0.286. The van der Waals surface area contributed by atoms with Gasteiger partial charge in [-0.2, -0.15) is 0 Å². The first kappa shape index (κ1) is 13.3. The van der Waals surface area contributed by atoms with Crippen molar-refractivity contribution in [3.8, 4) is 5.75 Å². The van der Waals surface area contributed by atoms with Gasteiger partial charge in [0, 0.05) is 24.3 Å². The van der Waals surface area contributed by atoms with E-state index in [1.807, 2.05) is 24.3 Å². The van der Waals surface area contributed by atoms with Crippen LogP contribution in [-0.2, 0) is 6.54 Å². The maximum Gasteiger partial charge on any atom is 0.253 e. The van der Waals surface area contributed by atoms with Crippen LogP contribution in [0.3, 0.4) is 0 Å². The lowest BCUT2D eigenvalue weighted by molar-refractivity contribution is 0.413. The van der Waals surface area contributed by atoms with Gasteiger partial charge in [-0.25, -0.2) is 4.98 Å². The Labute approximate surface area is 111 Å². The summed E-state index contributed by atoms with van der Waals surface area (Å²) in [6, 6.07) is 8.74. The third kappa shape index (κ3) is 3.20. The first-order valence-electron chi connectivity index (χ1n) is 6.03. The summed E-state index contributed by atoms with van der Waals surface area (Å²) in [7, 11) is 1.61. The monoisotopic (exact) mass is 259 g/mol. The van der Waals surface area contributed by atoms with Crippen molar-refractivity contribution in [3.63, 3.8) is 0 Å². The van der Waals surface area contributed by atoms with Gasteiger partial charge in [0.15, 0.2) is 0 Å². The SMILES string of the molecule is COc1cccc(C(N)Cn2cnc(C)cc2=O)c1. The normalized spacial score (nSPS) is 12.2. The van der Waals surface area contributed by atoms with Gasteiger partial charge in [0.1, 0.15) is 5.75 Å². The average Bonchev–Trinajstić information content (AvgIpc) is 2.42. The molecule has 1 unspecified atom stereocenters. The van der Waals surface area contributed by atoms with Crippen molar-refractivity contribution in [2.75, 3.05) is 7.11 Å². The number of methoxy groups -OCH3 is 1. The molecule has 2 aromatic rings. The van der Waals surface area contributed by atoms with Gasteiger partial charge in [0.2, 0.25) is 0 Å². The first-order chi connectivity index (χ1) is 9.10. The Morgan fingerprint density at radius 2 is 2.21 bits per heavy atom. The Hall–Kier alpha value is -2.14. The molecule has 1 aromatic carbocycles. The second-order valence-corrected chi connectivity index (χ2v) is 4.40. The number of rotatable bonds is 4. The van der Waals surface area contributed by atoms with E-state index in [0.29, 0.717) is 12.2 Å². The van der Waals surface area contributed by atoms with Gasteiger partial charge in [-0.1, -0.05) is 12.1 Å². The minimum absolute atomic E-state index is 0.0918. The molecule has 0 aliphatic carbocycles. The molecule has 0 radical (unpaired) electrons. The fourth-order valence-corrected chi connectivity index (χ4v) is 1.84. The van der Waals surface area contributed by atoms with Crippen molar-refractivity contribution in [3.05, 3.63) is 58.3 Å². The number of hydrogen-bond donors (Lipinski definition) is 1. The Morgan fingerprint density at radius 1 is 1.42 bits per heavy atom. The van der Waals surface area contributed by atoms with Gasteiger partial charge in [-0.15, -0.1) is 0 Å². The molecule has 0 saturated heterocycles. The molecule has 1 heterocycles. The number of benzene rings is 1. The van der Waals surface area contributed by atoms with Crippen LogP contribution in [-0.4, -0.2) is 16.7 Å². The van der Waals surface area contributed by atoms with Crippen LogP contribution < -0.4 is 16.0 Å². The van der Waals surface area contributed by atoms with Gasteiger partial charge in [-0.3, -0.25) is 9.36 Å². The molecule has 5 heteroatoms. The number of nitrogens with zero attached hydrogens (tertiary/aromatic N) is 2. The summed E-state index contributed by atoms with van der Waals surface area (Å²) in [4.78, 5) is 15.9. The molecule has 1 atom stereocenters. The first-order valence-corrected chi connectivity index (χ1v) is 6.03. The predicted molar refractivity (Wildman–Crippen MR) is 73.2 cm³/mol. The number of aryl methyl sites for hydroxylation is 1. The van der Waals surface area contributed by atoms with Gasteiger partial charge < -0.3 is 10.5 Å². The summed E-state index contributed by atoms with van der Waals surface area (Å²) in [5.41, 5.74) is 7.65. The van der Waals surface area contributed by atoms with Crippen LogP contribution in [0.2, 0.25) is 0 Å². The van der Waals surface area contributed by atoms with Crippen LogP contribution in [0, 0.1) is 6.92 Å². The molecule has 2 N–H and O–H groups in total. The van der Waals surface area contributed by atoms with Crippen molar-refractivity contribution in [1.82, 2.24) is 9.55 Å². The van der Waals surface area contributed by atoms with E-state index in [4.69, 9.17) is 10.5 Å². The summed E-state index contributed by atoms with van der Waals surface area (Å²) in [5.74, 6) is 0.752. The van der Waals surface area contributed by atoms with Gasteiger partial charge in [0.05, 0.1) is 13.4 Å². The molecule has 0 saturated carbocycles. The topological polar surface area (TPSA) is 70.1 Å². The number of ether oxygens (including phenoxy) is 1. The van der Waals surface area contributed by atoms with Gasteiger partial charge in [0.25, 0.3) is 5.56 Å². The van der Waals surface area contributed by atoms with Gasteiger partial charge >= 0.3 is 0 Å². The van der Waals surface area contributed by atoms with E-state index in [9.17, 15) is 4.79 Å². The molecular weight excluding hydrogens is 242 g/mol. The second-order valence-electron chi connectivity index (χ2n) is 4.40. The molecule has 0 amide bonds. The Kier molecular flexibility index (Phi) is 3.97. The lowest BCUT2D eigenvalue weighted by atomic mass is 10.1. The highest BCUT2D eigenvalue weighted by Crippen LogP contribution is 2.18. The predicted octanol–water partition coefficient (Wildman–Crippen LogP) is 1.26. The van der Waals surface area contributed by atoms with E-state index in [1.54, 1.807) is 14.0 Å². The molecule has 0 spiro atoms. The molecule has 0 aliphatic heterocycles. The summed E-state index contributed by atoms with van der Waals surface area (Å²) in [6.45, 7) is 2.17. The van der Waals surface area contributed by atoms with Crippen molar-refractivity contribution in [2.24, 2.45) is 5.73 Å². The Morgan fingerprint density at radius 3 is 2.89 bits per heavy atom. The molecule has 1 aromatic heterocycles. The zero-order chi connectivity index (χ0) is 13.8. The van der Waals surface area contributed by atoms with Crippen LogP contribution in [0.5, 0.6) is 5.75 Å². The van der Waals surface area contributed by atoms with Gasteiger partial charge in [-0.05, 0) is 24.6 Å². The van der Waals surface area contributed by atoms with E-state index < -0.39 is 0 Å². The highest BCUT2D eigenvalue weighted by molar-refractivity contribution is 5.30. The summed E-state index contributed by atoms with van der Waals surface area (Å²) < 4.78 is 6.67. The molecule has 0 fully saturated rings. The highest BCUT2D eigenvalue weighted by Gasteiger charge is 2.09. The maximum absolute atomic E-state index is 11.8. The van der Waals surface area contributed by atoms with Crippen molar-refractivity contribution in [2.45, 2.75) is 19.5 Å². The van der Waals surface area contributed by atoms with Crippen LogP contribution in [0.1, 0.15) is 17.3 Å². The summed E-state index contributed by atoms with van der Waals surface area (Å²) in [6.07, 6.45) is 1.53. The lowest BCUT2D eigenvalue weighted by Gasteiger charge is -2.14. The van der Waals surface area contributed by atoms with E-state index in [2.05, 4.69) is 4.98 Å². The minimum atomic E-state index is -0.280. The zero-order valence-electron chi connectivity index (χ0n) is 11.0. The van der Waals surface area contributed by atoms with Crippen LogP contribution in [0.25, 0.3) is 0 Å². The largest absolute Gasteiger partial charge is 0.497 e. The number of nitrogens with two attached hydrogens (primary N) is 1. The maximum atomic E-state index is 11.8. The second kappa shape index (κ2) is 5.67. The van der Waals surface area contributed by atoms with Crippen molar-refractivity contribution < 1.29 is 4.74 Å². The quantitative estimate of drug-likeness (QED) is 0.897. The van der Waals surface area contributed by atoms with E-state index in [0.717, 1.165) is 11.3 Å². The lowest BCUT2D eigenvalue weighted by Crippen LogP contribution is -2.26. The third-order valence-corrected chi connectivity index (χ3v) is 2.93. The van der Waals surface area contributed by atoms with Crippen LogP contribution in [0.4, 0.5) is 0 Å². The van der Waals surface area contributed by atoms with Crippen LogP contribution in [0.15, 0.2) is 41.5 Å². The molecule has 0 bridgehead atoms. The molecular formula is C14H17N3O2. The molecule has 5 nitrogen and oxygen atoms in total. The highest BCUT2D eigenvalue weighted by atomic mass is 16.5. The summed E-state index contributed by atoms with van der Waals surface area (Å²) >= 11 is 0. The summed E-state index contributed by atoms with van der Waals surface area (Å²) in [5, 5.41) is 0. The molecule has 100 valence electrons. The van der Waals surface area contributed by atoms with E-state index in [1.165, 1.54) is 17.0 Å². The molecule has 19 heavy (non-hydrogen) atoms. The Balaban J connectivity index is 2.20. The number of hydrogen-bond acceptors (Lipinski definition) is 4. The third-order valence-electron chi connectivity index (χ3n) is 2.93. The fourth-order valence-electron chi connectivity index (χ4n) is 1.84. The molecule has 2 rings (SSSR count). The zero-order valence-corrected chi connectivity index (χ0v) is 11.0. The average molecular weight is 259 g/mol. The minimum Gasteiger partial charge on any atom is -0.497 e. The van der Waals surface area contributed by atoms with Crippen LogP contribution >= 0.6 is 0 Å². The smallest absolute Gasteiger partial charge is 0.253 e. The van der Waals surface area contributed by atoms with Crippen molar-refractivity contribution in [1.29, 1.82) is 0 Å². The standard InChI is InChI=1S/C14H17N3O2/c1-10-6-14(18)17(9-16-10)8-13(15)11-4-3-5-12(7-11)19-2/h3-7,9,13H,8,15H2,1-2H3. The van der Waals surface area contributed by atoms with E-state index in [-0.39, 0.29) is 11.6 Å². The number of aromatic nitrogens is 2. The van der Waals surface area contributed by atoms with Crippen molar-refractivity contribution >= 4 is 0 Å².